The summed E-state index contributed by atoms with van der Waals surface area (Å²) in [5.41, 5.74) is 2.39. The summed E-state index contributed by atoms with van der Waals surface area (Å²) in [6, 6.07) is 67.8. The van der Waals surface area contributed by atoms with E-state index in [0.717, 1.165) is 0 Å². The highest BCUT2D eigenvalue weighted by atomic mass is 14.2. The van der Waals surface area contributed by atoms with Crippen molar-refractivity contribution in [2.45, 2.75) is 0 Å². The summed E-state index contributed by atoms with van der Waals surface area (Å²) >= 11 is 0. The normalized spacial score (nSPS) is 12.4. The first-order chi connectivity index (χ1) is 26.7. The Bertz CT molecular complexity index is 3330. The SMILES string of the molecule is C(=C\c1ccc2ccc3ccc4ccc5ccc6ccccc6c5c4c3c2c1)/c1ccc2ccc3ccc4ccc5ccc6ccccc6c5c4c3c2c1. The van der Waals surface area contributed by atoms with Crippen LogP contribution in [-0.2, 0) is 0 Å². The summed E-state index contributed by atoms with van der Waals surface area (Å²) in [7, 11) is 0. The van der Waals surface area contributed by atoms with Gasteiger partial charge < -0.3 is 0 Å². The lowest BCUT2D eigenvalue weighted by atomic mass is 9.90. The third-order valence-corrected chi connectivity index (χ3v) is 11.9. The van der Waals surface area contributed by atoms with Gasteiger partial charge in [-0.25, -0.2) is 0 Å². The standard InChI is InChI=1S/C54H32/c1-3-7-45-35(5-1)15-19-39-23-27-43-29-25-41-21-17-37-13-11-33(31-47(37)51(41)53(43)49(39)45)9-10-34-12-14-38-18-22-42-26-30-44-28-24-40-20-16-36-6-2-4-8-46(36)50(40)54(44)52(42)48(38)32-34/h1-32H/b10-9+. The van der Waals surface area contributed by atoms with Gasteiger partial charge in [0.1, 0.15) is 0 Å². The van der Waals surface area contributed by atoms with Crippen molar-refractivity contribution in [3.05, 3.63) is 193 Å². The maximum atomic E-state index is 2.39. The van der Waals surface area contributed by atoms with Crippen LogP contribution < -0.4 is 0 Å². The molecule has 0 heterocycles. The highest BCUT2D eigenvalue weighted by Gasteiger charge is 2.14. The summed E-state index contributed by atoms with van der Waals surface area (Å²) in [5, 5.41) is 25.9. The molecule has 0 atom stereocenters. The third kappa shape index (κ3) is 4.32. The lowest BCUT2D eigenvalue weighted by Gasteiger charge is -2.13. The van der Waals surface area contributed by atoms with E-state index >= 15 is 0 Å². The van der Waals surface area contributed by atoms with Gasteiger partial charge in [0.25, 0.3) is 0 Å². The van der Waals surface area contributed by atoms with E-state index in [1.807, 2.05) is 0 Å². The van der Waals surface area contributed by atoms with Crippen LogP contribution in [0.1, 0.15) is 11.1 Å². The van der Waals surface area contributed by atoms with Crippen LogP contribution in [0, 0.1) is 0 Å². The molecule has 12 rings (SSSR count). The third-order valence-electron chi connectivity index (χ3n) is 11.9. The number of benzene rings is 12. The van der Waals surface area contributed by atoms with Crippen molar-refractivity contribution in [3.63, 3.8) is 0 Å². The molecule has 0 aliphatic carbocycles. The Morgan fingerprint density at radius 1 is 0.204 bits per heavy atom. The van der Waals surface area contributed by atoms with Crippen molar-refractivity contribution < 1.29 is 0 Å². The van der Waals surface area contributed by atoms with Crippen molar-refractivity contribution in [1.29, 1.82) is 0 Å². The fourth-order valence-electron chi connectivity index (χ4n) is 9.35. The average Bonchev–Trinajstić information content (AvgIpc) is 3.24. The summed E-state index contributed by atoms with van der Waals surface area (Å²) in [6.07, 6.45) is 4.56. The van der Waals surface area contributed by atoms with Crippen LogP contribution in [0.4, 0.5) is 0 Å². The molecule has 0 heteroatoms. The molecule has 12 aromatic carbocycles. The van der Waals surface area contributed by atoms with E-state index in [1.165, 1.54) is 119 Å². The Labute approximate surface area is 311 Å². The molecule has 0 aliphatic heterocycles. The summed E-state index contributed by atoms with van der Waals surface area (Å²) < 4.78 is 0. The molecular formula is C54H32. The van der Waals surface area contributed by atoms with Gasteiger partial charge in [0.15, 0.2) is 0 Å². The number of hydrogen-bond donors (Lipinski definition) is 0. The van der Waals surface area contributed by atoms with Crippen molar-refractivity contribution in [2.24, 2.45) is 0 Å². The Hall–Kier alpha value is -7.02. The molecule has 0 saturated heterocycles. The van der Waals surface area contributed by atoms with Crippen molar-refractivity contribution >= 4 is 120 Å². The van der Waals surface area contributed by atoms with E-state index in [1.54, 1.807) is 0 Å². The van der Waals surface area contributed by atoms with Crippen LogP contribution >= 0.6 is 0 Å². The number of fused-ring (bicyclic) bond motifs is 18. The van der Waals surface area contributed by atoms with E-state index in [2.05, 4.69) is 194 Å². The zero-order chi connectivity index (χ0) is 35.3. The van der Waals surface area contributed by atoms with Crippen molar-refractivity contribution in [1.82, 2.24) is 0 Å². The van der Waals surface area contributed by atoms with E-state index in [4.69, 9.17) is 0 Å². The van der Waals surface area contributed by atoms with Gasteiger partial charge in [0.05, 0.1) is 0 Å². The molecule has 0 saturated carbocycles. The summed E-state index contributed by atoms with van der Waals surface area (Å²) in [6.45, 7) is 0. The number of rotatable bonds is 2. The maximum absolute atomic E-state index is 2.39. The van der Waals surface area contributed by atoms with Gasteiger partial charge in [-0.1, -0.05) is 182 Å². The minimum Gasteiger partial charge on any atom is -0.0616 e. The van der Waals surface area contributed by atoms with Crippen molar-refractivity contribution in [3.8, 4) is 0 Å². The first kappa shape index (κ1) is 29.5. The predicted octanol–water partition coefficient (Wildman–Crippen LogP) is 15.4. The minimum absolute atomic E-state index is 1.19. The first-order valence-electron chi connectivity index (χ1n) is 18.8. The minimum atomic E-state index is 1.19. The second-order valence-corrected chi connectivity index (χ2v) is 14.8. The number of hydrogen-bond acceptors (Lipinski definition) is 0. The van der Waals surface area contributed by atoms with Gasteiger partial charge in [-0.05, 0) is 131 Å². The molecule has 0 amide bonds. The van der Waals surface area contributed by atoms with Crippen LogP contribution in [0.25, 0.3) is 120 Å². The molecule has 0 nitrogen and oxygen atoms in total. The maximum Gasteiger partial charge on any atom is -0.00143 e. The quantitative estimate of drug-likeness (QED) is 0.126. The van der Waals surface area contributed by atoms with Crippen LogP contribution in [0.15, 0.2) is 182 Å². The fraction of sp³-hybridized carbons (Fsp3) is 0. The molecule has 248 valence electrons. The Morgan fingerprint density at radius 2 is 0.463 bits per heavy atom. The molecule has 0 radical (unpaired) electrons. The second-order valence-electron chi connectivity index (χ2n) is 14.8. The van der Waals surface area contributed by atoms with Crippen LogP contribution in [0.3, 0.4) is 0 Å². The molecule has 0 spiro atoms. The fourth-order valence-corrected chi connectivity index (χ4v) is 9.35. The Morgan fingerprint density at radius 3 is 0.833 bits per heavy atom. The molecule has 0 fully saturated rings. The van der Waals surface area contributed by atoms with Crippen LogP contribution in [-0.4, -0.2) is 0 Å². The highest BCUT2D eigenvalue weighted by molar-refractivity contribution is 6.33. The average molecular weight is 681 g/mol. The molecule has 0 bridgehead atoms. The predicted molar refractivity (Wildman–Crippen MR) is 237 cm³/mol. The molecule has 12 aromatic rings. The molecule has 0 aliphatic rings. The van der Waals surface area contributed by atoms with Crippen LogP contribution in [0.2, 0.25) is 0 Å². The van der Waals surface area contributed by atoms with E-state index in [9.17, 15) is 0 Å². The topological polar surface area (TPSA) is 0 Å². The Balaban J connectivity index is 1.07. The summed E-state index contributed by atoms with van der Waals surface area (Å²) in [5.74, 6) is 0. The molecular weight excluding hydrogens is 649 g/mol. The zero-order valence-corrected chi connectivity index (χ0v) is 29.5. The van der Waals surface area contributed by atoms with Gasteiger partial charge in [0.2, 0.25) is 0 Å². The smallest absolute Gasteiger partial charge is 0.00143 e. The zero-order valence-electron chi connectivity index (χ0n) is 29.5. The highest BCUT2D eigenvalue weighted by Crippen LogP contribution is 2.42. The lowest BCUT2D eigenvalue weighted by molar-refractivity contribution is 1.72. The van der Waals surface area contributed by atoms with E-state index in [0.29, 0.717) is 0 Å². The van der Waals surface area contributed by atoms with Gasteiger partial charge >= 0.3 is 0 Å². The van der Waals surface area contributed by atoms with E-state index < -0.39 is 0 Å². The Kier molecular flexibility index (Phi) is 6.15. The molecule has 0 aromatic heterocycles. The van der Waals surface area contributed by atoms with Gasteiger partial charge in [-0.15, -0.1) is 0 Å². The summed E-state index contributed by atoms with van der Waals surface area (Å²) in [4.78, 5) is 0. The van der Waals surface area contributed by atoms with Gasteiger partial charge in [-0.3, -0.25) is 0 Å². The van der Waals surface area contributed by atoms with Crippen molar-refractivity contribution in [2.75, 3.05) is 0 Å². The molecule has 54 heavy (non-hydrogen) atoms. The van der Waals surface area contributed by atoms with E-state index in [-0.39, 0.29) is 0 Å². The largest absolute Gasteiger partial charge is 0.0616 e. The van der Waals surface area contributed by atoms with Gasteiger partial charge in [0, 0.05) is 0 Å². The second kappa shape index (κ2) is 11.2. The first-order valence-corrected chi connectivity index (χ1v) is 18.8. The lowest BCUT2D eigenvalue weighted by Crippen LogP contribution is -1.86. The monoisotopic (exact) mass is 680 g/mol. The van der Waals surface area contributed by atoms with Crippen LogP contribution in [0.5, 0.6) is 0 Å². The molecule has 0 unspecified atom stereocenters. The van der Waals surface area contributed by atoms with Gasteiger partial charge in [-0.2, -0.15) is 0 Å². The molecule has 0 N–H and O–H groups in total.